The van der Waals surface area contributed by atoms with Gasteiger partial charge in [-0.15, -0.1) is 0 Å². The van der Waals surface area contributed by atoms with E-state index in [0.717, 1.165) is 28.4 Å². The zero-order valence-electron chi connectivity index (χ0n) is 17.1. The highest BCUT2D eigenvalue weighted by Gasteiger charge is 2.55. The van der Waals surface area contributed by atoms with Crippen molar-refractivity contribution in [3.8, 4) is 5.75 Å². The Morgan fingerprint density at radius 1 is 1.47 bits per heavy atom. The molecule has 0 aliphatic carbocycles. The van der Waals surface area contributed by atoms with E-state index in [0.29, 0.717) is 12.3 Å². The van der Waals surface area contributed by atoms with Crippen molar-refractivity contribution in [1.82, 2.24) is 9.55 Å². The Morgan fingerprint density at radius 2 is 2.20 bits per heavy atom. The molecule has 2 unspecified atom stereocenters. The third-order valence-corrected chi connectivity index (χ3v) is 5.10. The third-order valence-electron chi connectivity index (χ3n) is 5.10. The lowest BCUT2D eigenvalue weighted by Crippen LogP contribution is -2.42. The summed E-state index contributed by atoms with van der Waals surface area (Å²) < 4.78 is 26.8. The minimum Gasteiger partial charge on any atom is -0.494 e. The number of hydrogen-bond acceptors (Lipinski definition) is 7. The van der Waals surface area contributed by atoms with Gasteiger partial charge in [-0.2, -0.15) is 4.98 Å². The standard InChI is InChI=1S/C21H26FN3O5/c1-5-29-15-10-14(7-6-12(15)2)13(3)23-17-8-9-25(20(28)24-17)19-21(4,22)18(27)16(11-26)30-19/h6-10,16,18-19,26-27H,3,5,11H2,1-2,4H3,(H,23,24,28)/t16-,18-,19?,21?/m1/s1. The van der Waals surface area contributed by atoms with Gasteiger partial charge in [0.1, 0.15) is 23.8 Å². The van der Waals surface area contributed by atoms with Crippen LogP contribution in [-0.4, -0.2) is 50.9 Å². The number of halogens is 1. The fraction of sp³-hybridized carbons (Fsp3) is 0.429. The van der Waals surface area contributed by atoms with Gasteiger partial charge in [-0.3, -0.25) is 4.57 Å². The van der Waals surface area contributed by atoms with E-state index in [1.165, 1.54) is 12.3 Å². The van der Waals surface area contributed by atoms with Crippen molar-refractivity contribution in [1.29, 1.82) is 0 Å². The molecule has 2 aromatic rings. The van der Waals surface area contributed by atoms with Crippen LogP contribution in [-0.2, 0) is 4.74 Å². The van der Waals surface area contributed by atoms with Crippen LogP contribution in [0.25, 0.3) is 5.70 Å². The van der Waals surface area contributed by atoms with E-state index in [1.807, 2.05) is 32.0 Å². The second kappa shape index (κ2) is 8.55. The number of benzene rings is 1. The Hall–Kier alpha value is -2.75. The van der Waals surface area contributed by atoms with Gasteiger partial charge in [0, 0.05) is 17.5 Å². The third kappa shape index (κ3) is 4.09. The SMILES string of the molecule is C=C(Nc1ccn(C2O[C@H](CO)[C@@H](O)C2(C)F)c(=O)n1)c1ccc(C)c(OCC)c1. The predicted molar refractivity (Wildman–Crippen MR) is 110 cm³/mol. The number of aryl methyl sites for hydroxylation is 1. The van der Waals surface area contributed by atoms with Gasteiger partial charge in [-0.05, 0) is 38.5 Å². The van der Waals surface area contributed by atoms with E-state index in [9.17, 15) is 19.4 Å². The lowest BCUT2D eigenvalue weighted by atomic mass is 9.98. The number of aromatic nitrogens is 2. The second-order valence-corrected chi connectivity index (χ2v) is 7.32. The van der Waals surface area contributed by atoms with Crippen molar-refractivity contribution < 1.29 is 24.1 Å². The van der Waals surface area contributed by atoms with E-state index in [-0.39, 0.29) is 5.82 Å². The quantitative estimate of drug-likeness (QED) is 0.630. The Bertz CT molecular complexity index is 991. The first-order valence-corrected chi connectivity index (χ1v) is 9.61. The van der Waals surface area contributed by atoms with Gasteiger partial charge < -0.3 is 25.0 Å². The summed E-state index contributed by atoms with van der Waals surface area (Å²) in [6, 6.07) is 7.09. The molecule has 0 saturated carbocycles. The molecule has 9 heteroatoms. The normalized spacial score (nSPS) is 25.9. The summed E-state index contributed by atoms with van der Waals surface area (Å²) in [7, 11) is 0. The second-order valence-electron chi connectivity index (χ2n) is 7.32. The lowest BCUT2D eigenvalue weighted by Gasteiger charge is -2.24. The molecule has 162 valence electrons. The highest BCUT2D eigenvalue weighted by Crippen LogP contribution is 2.40. The van der Waals surface area contributed by atoms with Crippen molar-refractivity contribution >= 4 is 11.5 Å². The molecule has 3 N–H and O–H groups in total. The number of ether oxygens (including phenoxy) is 2. The van der Waals surface area contributed by atoms with Gasteiger partial charge in [-0.1, -0.05) is 18.7 Å². The Balaban J connectivity index is 1.80. The molecular formula is C21H26FN3O5. The zero-order valence-corrected chi connectivity index (χ0v) is 17.1. The zero-order chi connectivity index (χ0) is 22.1. The molecule has 30 heavy (non-hydrogen) atoms. The Morgan fingerprint density at radius 3 is 2.80 bits per heavy atom. The van der Waals surface area contributed by atoms with Crippen LogP contribution in [0.4, 0.5) is 10.2 Å². The van der Waals surface area contributed by atoms with E-state index < -0.39 is 36.4 Å². The lowest BCUT2D eigenvalue weighted by molar-refractivity contribution is -0.0610. The summed E-state index contributed by atoms with van der Waals surface area (Å²) in [5.41, 5.74) is -0.785. The monoisotopic (exact) mass is 419 g/mol. The number of rotatable bonds is 7. The fourth-order valence-electron chi connectivity index (χ4n) is 3.35. The molecule has 1 aliphatic rings. The molecule has 1 fully saturated rings. The first-order chi connectivity index (χ1) is 14.2. The topological polar surface area (TPSA) is 106 Å². The number of aliphatic hydroxyl groups is 2. The molecule has 0 amide bonds. The van der Waals surface area contributed by atoms with Crippen molar-refractivity contribution in [3.05, 3.63) is 58.7 Å². The van der Waals surface area contributed by atoms with Crippen LogP contribution in [0.3, 0.4) is 0 Å². The minimum atomic E-state index is -2.27. The highest BCUT2D eigenvalue weighted by atomic mass is 19.1. The van der Waals surface area contributed by atoms with Gasteiger partial charge in [0.2, 0.25) is 0 Å². The number of anilines is 1. The van der Waals surface area contributed by atoms with Crippen molar-refractivity contribution in [2.45, 2.75) is 44.9 Å². The number of nitrogens with zero attached hydrogens (tertiary/aromatic N) is 2. The van der Waals surface area contributed by atoms with Gasteiger partial charge in [0.15, 0.2) is 11.9 Å². The van der Waals surface area contributed by atoms with Crippen LogP contribution < -0.4 is 15.7 Å². The van der Waals surface area contributed by atoms with Gasteiger partial charge in [-0.25, -0.2) is 9.18 Å². The van der Waals surface area contributed by atoms with Gasteiger partial charge in [0.25, 0.3) is 0 Å². The van der Waals surface area contributed by atoms with E-state index >= 15 is 0 Å². The van der Waals surface area contributed by atoms with Gasteiger partial charge in [0.05, 0.1) is 13.2 Å². The molecule has 1 aromatic carbocycles. The van der Waals surface area contributed by atoms with Gasteiger partial charge >= 0.3 is 5.69 Å². The summed E-state index contributed by atoms with van der Waals surface area (Å²) in [5.74, 6) is 0.955. The number of alkyl halides is 1. The number of hydrogen-bond donors (Lipinski definition) is 3. The predicted octanol–water partition coefficient (Wildman–Crippen LogP) is 2.01. The van der Waals surface area contributed by atoms with E-state index in [1.54, 1.807) is 0 Å². The van der Waals surface area contributed by atoms with E-state index in [2.05, 4.69) is 16.9 Å². The molecular weight excluding hydrogens is 393 g/mol. The van der Waals surface area contributed by atoms with E-state index in [4.69, 9.17) is 9.47 Å². The van der Waals surface area contributed by atoms with Crippen LogP contribution >= 0.6 is 0 Å². The first kappa shape index (κ1) is 21.9. The number of aliphatic hydroxyl groups excluding tert-OH is 2. The molecule has 1 saturated heterocycles. The van der Waals surface area contributed by atoms with Crippen molar-refractivity contribution in [2.24, 2.45) is 0 Å². The Labute approximate surface area is 173 Å². The van der Waals surface area contributed by atoms with Crippen LogP contribution in [0.15, 0.2) is 41.8 Å². The number of nitrogens with one attached hydrogen (secondary N) is 1. The van der Waals surface area contributed by atoms with Crippen LogP contribution in [0.2, 0.25) is 0 Å². The van der Waals surface area contributed by atoms with Crippen LogP contribution in [0, 0.1) is 6.92 Å². The van der Waals surface area contributed by atoms with Crippen molar-refractivity contribution in [2.75, 3.05) is 18.5 Å². The first-order valence-electron chi connectivity index (χ1n) is 9.61. The summed E-state index contributed by atoms with van der Waals surface area (Å²) in [5, 5.41) is 22.2. The molecule has 3 rings (SSSR count). The summed E-state index contributed by atoms with van der Waals surface area (Å²) in [6.45, 7) is 8.89. The summed E-state index contributed by atoms with van der Waals surface area (Å²) in [4.78, 5) is 16.4. The maximum atomic E-state index is 14.9. The average Bonchev–Trinajstić information content (AvgIpc) is 2.93. The highest BCUT2D eigenvalue weighted by molar-refractivity contribution is 5.74. The molecule has 8 nitrogen and oxygen atoms in total. The van der Waals surface area contributed by atoms with Crippen LogP contribution in [0.1, 0.15) is 31.2 Å². The minimum absolute atomic E-state index is 0.220. The van der Waals surface area contributed by atoms with Crippen molar-refractivity contribution in [3.63, 3.8) is 0 Å². The molecule has 0 bridgehead atoms. The average molecular weight is 419 g/mol. The smallest absolute Gasteiger partial charge is 0.351 e. The fourth-order valence-corrected chi connectivity index (χ4v) is 3.35. The molecule has 2 heterocycles. The maximum absolute atomic E-state index is 14.9. The summed E-state index contributed by atoms with van der Waals surface area (Å²) in [6.07, 6.45) is -2.79. The molecule has 1 aromatic heterocycles. The largest absolute Gasteiger partial charge is 0.494 e. The Kier molecular flexibility index (Phi) is 6.25. The molecule has 0 radical (unpaired) electrons. The van der Waals surface area contributed by atoms with Crippen LogP contribution in [0.5, 0.6) is 5.75 Å². The maximum Gasteiger partial charge on any atom is 0.351 e. The summed E-state index contributed by atoms with van der Waals surface area (Å²) >= 11 is 0. The molecule has 1 aliphatic heterocycles. The molecule has 0 spiro atoms. The molecule has 4 atom stereocenters.